The van der Waals surface area contributed by atoms with Gasteiger partial charge in [0.15, 0.2) is 18.9 Å². The third kappa shape index (κ3) is 2.17. The summed E-state index contributed by atoms with van der Waals surface area (Å²) in [6.07, 6.45) is 4.24. The second-order valence-electron chi connectivity index (χ2n) is 5.35. The molecule has 100 valence electrons. The smallest absolute Gasteiger partial charge is 0.175 e. The highest BCUT2D eigenvalue weighted by Crippen LogP contribution is 2.28. The zero-order valence-corrected chi connectivity index (χ0v) is 11.7. The van der Waals surface area contributed by atoms with Gasteiger partial charge in [0, 0.05) is 17.7 Å². The van der Waals surface area contributed by atoms with E-state index in [-0.39, 0.29) is 0 Å². The Balaban J connectivity index is 2.02. The Morgan fingerprint density at radius 2 is 1.19 bits per heavy atom. The molecule has 0 aliphatic heterocycles. The van der Waals surface area contributed by atoms with Crippen molar-refractivity contribution in [1.82, 2.24) is 0 Å². The third-order valence-electron chi connectivity index (χ3n) is 4.00. The van der Waals surface area contributed by atoms with Gasteiger partial charge in [-0.15, -0.1) is 0 Å². The Hall–Kier alpha value is -2.67. The minimum Gasteiger partial charge on any atom is -0.201 e. The fraction of sp³-hybridized carbons (Fsp3) is 0.0500. The van der Waals surface area contributed by atoms with Crippen molar-refractivity contribution in [3.63, 3.8) is 0 Å². The molecule has 0 radical (unpaired) electrons. The first-order chi connectivity index (χ1) is 10.4. The van der Waals surface area contributed by atoms with Crippen LogP contribution in [0.25, 0.3) is 21.5 Å². The normalized spacial score (nSPS) is 11.0. The number of fused-ring (bicyclic) bond motifs is 2. The number of nitrogens with zero attached hydrogens (tertiary/aromatic N) is 1. The average molecular weight is 270 g/mol. The predicted molar refractivity (Wildman–Crippen MR) is 87.2 cm³/mol. The molecule has 1 heteroatoms. The van der Waals surface area contributed by atoms with Crippen molar-refractivity contribution in [2.45, 2.75) is 6.54 Å². The van der Waals surface area contributed by atoms with E-state index < -0.39 is 0 Å². The van der Waals surface area contributed by atoms with Crippen LogP contribution in [0.1, 0.15) is 5.56 Å². The molecule has 0 unspecified atom stereocenters. The van der Waals surface area contributed by atoms with E-state index in [0.717, 1.165) is 6.54 Å². The van der Waals surface area contributed by atoms with E-state index in [4.69, 9.17) is 0 Å². The van der Waals surface area contributed by atoms with Crippen LogP contribution in [-0.2, 0) is 6.54 Å². The van der Waals surface area contributed by atoms with Crippen molar-refractivity contribution in [3.05, 3.63) is 90.8 Å². The molecule has 0 aliphatic carbocycles. The van der Waals surface area contributed by atoms with E-state index >= 15 is 0 Å². The molecule has 0 spiro atoms. The van der Waals surface area contributed by atoms with Gasteiger partial charge in [0.2, 0.25) is 0 Å². The van der Waals surface area contributed by atoms with Crippen LogP contribution in [-0.4, -0.2) is 0 Å². The molecule has 0 fully saturated rings. The first-order valence-electron chi connectivity index (χ1n) is 7.25. The number of hydrogen-bond donors (Lipinski definition) is 0. The molecule has 0 saturated carbocycles. The maximum atomic E-state index is 2.28. The topological polar surface area (TPSA) is 3.88 Å². The van der Waals surface area contributed by atoms with E-state index in [2.05, 4.69) is 89.8 Å². The predicted octanol–water partition coefficient (Wildman–Crippen LogP) is 4.33. The van der Waals surface area contributed by atoms with Gasteiger partial charge in [-0.1, -0.05) is 54.6 Å². The average Bonchev–Trinajstić information content (AvgIpc) is 2.55. The molecule has 21 heavy (non-hydrogen) atoms. The van der Waals surface area contributed by atoms with E-state index in [0.29, 0.717) is 0 Å². The van der Waals surface area contributed by atoms with Gasteiger partial charge < -0.3 is 0 Å². The Morgan fingerprint density at radius 1 is 0.619 bits per heavy atom. The number of pyridine rings is 1. The maximum Gasteiger partial charge on any atom is 0.175 e. The molecule has 1 nitrogen and oxygen atoms in total. The quantitative estimate of drug-likeness (QED) is 0.377. The summed E-state index contributed by atoms with van der Waals surface area (Å²) in [5.74, 6) is 0. The standard InChI is InChI=1S/C20H16N/c1-6-12-21(13-7-1)15-20-18-10-4-2-8-16(18)14-17-9-3-5-11-19(17)20/h1-14H,15H2/q+1. The fourth-order valence-corrected chi connectivity index (χ4v) is 3.00. The van der Waals surface area contributed by atoms with Crippen molar-refractivity contribution in [2.75, 3.05) is 0 Å². The lowest BCUT2D eigenvalue weighted by Crippen LogP contribution is -2.33. The number of hydrogen-bond acceptors (Lipinski definition) is 0. The molecule has 0 aliphatic rings. The number of benzene rings is 3. The van der Waals surface area contributed by atoms with E-state index in [9.17, 15) is 0 Å². The summed E-state index contributed by atoms with van der Waals surface area (Å²) in [6, 6.07) is 25.8. The van der Waals surface area contributed by atoms with Gasteiger partial charge in [-0.3, -0.25) is 0 Å². The largest absolute Gasteiger partial charge is 0.201 e. The molecule has 3 aromatic carbocycles. The van der Waals surface area contributed by atoms with Crippen LogP contribution in [0.2, 0.25) is 0 Å². The van der Waals surface area contributed by atoms with Crippen LogP contribution >= 0.6 is 0 Å². The highest BCUT2D eigenvalue weighted by Gasteiger charge is 2.11. The molecule has 1 heterocycles. The minimum atomic E-state index is 0.892. The van der Waals surface area contributed by atoms with Gasteiger partial charge in [0.25, 0.3) is 0 Å². The van der Waals surface area contributed by atoms with Crippen molar-refractivity contribution in [1.29, 1.82) is 0 Å². The SMILES string of the molecule is c1cc[n+](Cc2c3ccccc3cc3ccccc23)cc1. The molecule has 1 aromatic heterocycles. The Morgan fingerprint density at radius 3 is 1.81 bits per heavy atom. The summed E-state index contributed by atoms with van der Waals surface area (Å²) in [5.41, 5.74) is 1.39. The zero-order valence-electron chi connectivity index (χ0n) is 11.7. The van der Waals surface area contributed by atoms with Crippen LogP contribution in [0.4, 0.5) is 0 Å². The van der Waals surface area contributed by atoms with Crippen molar-refractivity contribution >= 4 is 21.5 Å². The lowest BCUT2D eigenvalue weighted by molar-refractivity contribution is -0.688. The monoisotopic (exact) mass is 270 g/mol. The first kappa shape index (κ1) is 12.1. The summed E-state index contributed by atoms with van der Waals surface area (Å²) in [7, 11) is 0. The molecule has 0 bridgehead atoms. The highest BCUT2D eigenvalue weighted by molar-refractivity contribution is 6.02. The molecular weight excluding hydrogens is 254 g/mol. The van der Waals surface area contributed by atoms with Crippen LogP contribution in [0, 0.1) is 0 Å². The fourth-order valence-electron chi connectivity index (χ4n) is 3.00. The number of aromatic nitrogens is 1. The number of rotatable bonds is 2. The Bertz CT molecular complexity index is 856. The molecule has 0 N–H and O–H groups in total. The van der Waals surface area contributed by atoms with Gasteiger partial charge in [-0.25, -0.2) is 4.57 Å². The zero-order chi connectivity index (χ0) is 14.1. The van der Waals surface area contributed by atoms with Gasteiger partial charge in [0.1, 0.15) is 0 Å². The lowest BCUT2D eigenvalue weighted by Gasteiger charge is -2.09. The molecule has 4 rings (SSSR count). The minimum absolute atomic E-state index is 0.892. The van der Waals surface area contributed by atoms with Gasteiger partial charge >= 0.3 is 0 Å². The van der Waals surface area contributed by atoms with E-state index in [1.165, 1.54) is 27.1 Å². The van der Waals surface area contributed by atoms with Gasteiger partial charge in [0.05, 0.1) is 0 Å². The van der Waals surface area contributed by atoms with Crippen LogP contribution in [0.3, 0.4) is 0 Å². The molecule has 4 aromatic rings. The molecular formula is C20H16N+. The highest BCUT2D eigenvalue weighted by atomic mass is 14.9. The van der Waals surface area contributed by atoms with Crippen molar-refractivity contribution < 1.29 is 4.57 Å². The van der Waals surface area contributed by atoms with Gasteiger partial charge in [-0.05, 0) is 27.6 Å². The lowest BCUT2D eigenvalue weighted by atomic mass is 9.96. The first-order valence-corrected chi connectivity index (χ1v) is 7.25. The Kier molecular flexibility index (Phi) is 2.89. The molecule has 0 amide bonds. The molecule has 0 atom stereocenters. The van der Waals surface area contributed by atoms with Gasteiger partial charge in [-0.2, -0.15) is 0 Å². The van der Waals surface area contributed by atoms with Crippen molar-refractivity contribution in [2.24, 2.45) is 0 Å². The molecule has 0 saturated heterocycles. The summed E-state index contributed by atoms with van der Waals surface area (Å²) < 4.78 is 2.23. The van der Waals surface area contributed by atoms with Crippen LogP contribution in [0.5, 0.6) is 0 Å². The third-order valence-corrected chi connectivity index (χ3v) is 4.00. The second kappa shape index (κ2) is 5.02. The van der Waals surface area contributed by atoms with Crippen LogP contribution < -0.4 is 4.57 Å². The summed E-state index contributed by atoms with van der Waals surface area (Å²) in [5, 5.41) is 5.30. The summed E-state index contributed by atoms with van der Waals surface area (Å²) >= 11 is 0. The van der Waals surface area contributed by atoms with Crippen molar-refractivity contribution in [3.8, 4) is 0 Å². The van der Waals surface area contributed by atoms with E-state index in [1.807, 2.05) is 0 Å². The maximum absolute atomic E-state index is 2.28. The second-order valence-corrected chi connectivity index (χ2v) is 5.35. The summed E-state index contributed by atoms with van der Waals surface area (Å²) in [6.45, 7) is 0.892. The summed E-state index contributed by atoms with van der Waals surface area (Å²) in [4.78, 5) is 0. The van der Waals surface area contributed by atoms with E-state index in [1.54, 1.807) is 0 Å². The van der Waals surface area contributed by atoms with Crippen LogP contribution in [0.15, 0.2) is 85.2 Å². The Labute approximate surface area is 124 Å².